The molecular formula is C16H27NO3. The predicted octanol–water partition coefficient (Wildman–Crippen LogP) is 2.92. The summed E-state index contributed by atoms with van der Waals surface area (Å²) < 4.78 is 16.8. The third-order valence-corrected chi connectivity index (χ3v) is 3.22. The van der Waals surface area contributed by atoms with Crippen LogP contribution in [-0.2, 0) is 9.47 Å². The van der Waals surface area contributed by atoms with Gasteiger partial charge >= 0.3 is 0 Å². The van der Waals surface area contributed by atoms with E-state index in [9.17, 15) is 0 Å². The van der Waals surface area contributed by atoms with Crippen LogP contribution < -0.4 is 10.5 Å². The highest BCUT2D eigenvalue weighted by Gasteiger charge is 2.22. The second-order valence-electron chi connectivity index (χ2n) is 4.88. The van der Waals surface area contributed by atoms with Crippen LogP contribution in [0.4, 0.5) is 0 Å². The van der Waals surface area contributed by atoms with Crippen LogP contribution in [0.15, 0.2) is 24.3 Å². The van der Waals surface area contributed by atoms with Crippen LogP contribution in [0.2, 0.25) is 0 Å². The normalized spacial score (nSPS) is 15.7. The fourth-order valence-electron chi connectivity index (χ4n) is 2.03. The topological polar surface area (TPSA) is 53.7 Å². The number of hydrogen-bond acceptors (Lipinski definition) is 4. The minimum Gasteiger partial charge on any atom is -0.497 e. The summed E-state index contributed by atoms with van der Waals surface area (Å²) in [6.45, 7) is 7.31. The molecule has 20 heavy (non-hydrogen) atoms. The van der Waals surface area contributed by atoms with Crippen LogP contribution in [0.5, 0.6) is 5.75 Å². The van der Waals surface area contributed by atoms with Crippen LogP contribution in [-0.4, -0.2) is 32.5 Å². The molecule has 114 valence electrons. The van der Waals surface area contributed by atoms with Gasteiger partial charge in [-0.15, -0.1) is 0 Å². The zero-order valence-electron chi connectivity index (χ0n) is 13.0. The molecule has 1 rings (SSSR count). The maximum Gasteiger partial charge on any atom is 0.119 e. The summed E-state index contributed by atoms with van der Waals surface area (Å²) in [5.74, 6) is 0.817. The molecule has 0 aromatic heterocycles. The number of hydrogen-bond donors (Lipinski definition) is 1. The first-order valence-corrected chi connectivity index (χ1v) is 7.25. The molecule has 0 bridgehead atoms. The Balaban J connectivity index is 2.82. The monoisotopic (exact) mass is 281 g/mol. The standard InChI is InChI=1S/C16H27NO3/c1-5-15(17)16(20-12(3)11-19-6-2)13-8-7-9-14(10-13)18-4/h7-10,12,15-16H,5-6,11,17H2,1-4H3. The van der Waals surface area contributed by atoms with E-state index in [-0.39, 0.29) is 18.2 Å². The minimum absolute atomic E-state index is 0.00347. The Morgan fingerprint density at radius 1 is 1.25 bits per heavy atom. The van der Waals surface area contributed by atoms with Crippen molar-refractivity contribution in [3.05, 3.63) is 29.8 Å². The first-order chi connectivity index (χ1) is 9.62. The van der Waals surface area contributed by atoms with Crippen LogP contribution in [0.3, 0.4) is 0 Å². The van der Waals surface area contributed by atoms with Crippen molar-refractivity contribution < 1.29 is 14.2 Å². The molecule has 1 aromatic rings. The summed E-state index contributed by atoms with van der Waals surface area (Å²) in [6.07, 6.45) is 0.706. The molecule has 0 aliphatic rings. The first-order valence-electron chi connectivity index (χ1n) is 7.25. The molecule has 3 atom stereocenters. The van der Waals surface area contributed by atoms with Crippen molar-refractivity contribution in [2.24, 2.45) is 5.73 Å². The summed E-state index contributed by atoms with van der Waals surface area (Å²) in [4.78, 5) is 0. The summed E-state index contributed by atoms with van der Waals surface area (Å²) in [5, 5.41) is 0. The van der Waals surface area contributed by atoms with Crippen LogP contribution in [0, 0.1) is 0 Å². The number of nitrogens with two attached hydrogens (primary N) is 1. The van der Waals surface area contributed by atoms with Crippen molar-refractivity contribution in [2.75, 3.05) is 20.3 Å². The SMILES string of the molecule is CCOCC(C)OC(c1cccc(OC)c1)C(N)CC. The molecule has 2 N–H and O–H groups in total. The van der Waals surface area contributed by atoms with Gasteiger partial charge in [-0.25, -0.2) is 0 Å². The Morgan fingerprint density at radius 2 is 2.00 bits per heavy atom. The Kier molecular flexibility index (Phi) is 7.59. The number of rotatable bonds is 9. The minimum atomic E-state index is -0.148. The van der Waals surface area contributed by atoms with Crippen molar-refractivity contribution in [3.8, 4) is 5.75 Å². The predicted molar refractivity (Wildman–Crippen MR) is 81.0 cm³/mol. The summed E-state index contributed by atoms with van der Waals surface area (Å²) in [5.41, 5.74) is 7.25. The molecule has 0 aliphatic carbocycles. The lowest BCUT2D eigenvalue weighted by Crippen LogP contribution is -2.33. The second-order valence-corrected chi connectivity index (χ2v) is 4.88. The molecule has 4 nitrogen and oxygen atoms in total. The van der Waals surface area contributed by atoms with Gasteiger partial charge in [0.15, 0.2) is 0 Å². The fraction of sp³-hybridized carbons (Fsp3) is 0.625. The van der Waals surface area contributed by atoms with E-state index >= 15 is 0 Å². The van der Waals surface area contributed by atoms with E-state index in [1.54, 1.807) is 7.11 Å². The van der Waals surface area contributed by atoms with Gasteiger partial charge in [-0.05, 0) is 38.0 Å². The smallest absolute Gasteiger partial charge is 0.119 e. The molecule has 0 saturated carbocycles. The van der Waals surface area contributed by atoms with Crippen LogP contribution >= 0.6 is 0 Å². The third-order valence-electron chi connectivity index (χ3n) is 3.22. The molecule has 3 unspecified atom stereocenters. The lowest BCUT2D eigenvalue weighted by Gasteiger charge is -2.27. The zero-order valence-corrected chi connectivity index (χ0v) is 13.0. The van der Waals surface area contributed by atoms with Gasteiger partial charge in [-0.2, -0.15) is 0 Å². The lowest BCUT2D eigenvalue weighted by atomic mass is 10.0. The van der Waals surface area contributed by atoms with E-state index in [2.05, 4.69) is 6.92 Å². The molecule has 0 saturated heterocycles. The van der Waals surface area contributed by atoms with E-state index in [0.717, 1.165) is 17.7 Å². The summed E-state index contributed by atoms with van der Waals surface area (Å²) in [6, 6.07) is 7.83. The highest BCUT2D eigenvalue weighted by atomic mass is 16.5. The second kappa shape index (κ2) is 8.95. The van der Waals surface area contributed by atoms with E-state index in [1.165, 1.54) is 0 Å². The van der Waals surface area contributed by atoms with Crippen molar-refractivity contribution in [3.63, 3.8) is 0 Å². The van der Waals surface area contributed by atoms with Gasteiger partial charge in [0.1, 0.15) is 5.75 Å². The van der Waals surface area contributed by atoms with Gasteiger partial charge in [-0.1, -0.05) is 19.1 Å². The molecule has 0 aliphatic heterocycles. The number of methoxy groups -OCH3 is 1. The van der Waals surface area contributed by atoms with Crippen molar-refractivity contribution in [1.82, 2.24) is 0 Å². The Labute approximate surface area is 122 Å². The molecule has 0 radical (unpaired) electrons. The first kappa shape index (κ1) is 17.0. The van der Waals surface area contributed by atoms with Crippen molar-refractivity contribution >= 4 is 0 Å². The Hall–Kier alpha value is -1.10. The maximum atomic E-state index is 6.21. The van der Waals surface area contributed by atoms with Gasteiger partial charge in [0.2, 0.25) is 0 Å². The van der Waals surface area contributed by atoms with E-state index < -0.39 is 0 Å². The number of benzene rings is 1. The van der Waals surface area contributed by atoms with Gasteiger partial charge in [-0.3, -0.25) is 0 Å². The average Bonchev–Trinajstić information content (AvgIpc) is 2.49. The molecule has 1 aromatic carbocycles. The van der Waals surface area contributed by atoms with E-state index in [4.69, 9.17) is 19.9 Å². The van der Waals surface area contributed by atoms with Crippen LogP contribution in [0.1, 0.15) is 38.9 Å². The van der Waals surface area contributed by atoms with Crippen molar-refractivity contribution in [1.29, 1.82) is 0 Å². The van der Waals surface area contributed by atoms with Gasteiger partial charge in [0.05, 0.1) is 25.9 Å². The van der Waals surface area contributed by atoms with E-state index in [0.29, 0.717) is 13.2 Å². The van der Waals surface area contributed by atoms with Crippen LogP contribution in [0.25, 0.3) is 0 Å². The largest absolute Gasteiger partial charge is 0.497 e. The maximum absolute atomic E-state index is 6.21. The highest BCUT2D eigenvalue weighted by molar-refractivity contribution is 5.30. The Bertz CT molecular complexity index is 384. The van der Waals surface area contributed by atoms with Gasteiger partial charge < -0.3 is 19.9 Å². The highest BCUT2D eigenvalue weighted by Crippen LogP contribution is 2.26. The van der Waals surface area contributed by atoms with Gasteiger partial charge in [0.25, 0.3) is 0 Å². The summed E-state index contributed by atoms with van der Waals surface area (Å²) >= 11 is 0. The molecule has 0 spiro atoms. The fourth-order valence-corrected chi connectivity index (χ4v) is 2.03. The number of ether oxygens (including phenoxy) is 3. The lowest BCUT2D eigenvalue weighted by molar-refractivity contribution is -0.0574. The quantitative estimate of drug-likeness (QED) is 0.756. The molecule has 4 heteroatoms. The molecular weight excluding hydrogens is 254 g/mol. The van der Waals surface area contributed by atoms with Crippen molar-refractivity contribution in [2.45, 2.75) is 45.4 Å². The van der Waals surface area contributed by atoms with Gasteiger partial charge in [0, 0.05) is 12.6 Å². The van der Waals surface area contributed by atoms with E-state index in [1.807, 2.05) is 38.1 Å². The zero-order chi connectivity index (χ0) is 15.0. The average molecular weight is 281 g/mol. The Morgan fingerprint density at radius 3 is 2.60 bits per heavy atom. The molecule has 0 heterocycles. The summed E-state index contributed by atoms with van der Waals surface area (Å²) in [7, 11) is 1.66. The molecule has 0 fully saturated rings. The third kappa shape index (κ3) is 5.12. The molecule has 0 amide bonds.